The second-order valence-electron chi connectivity index (χ2n) is 15.4. The fourth-order valence-electron chi connectivity index (χ4n) is 8.73. The monoisotopic (exact) mass is 656 g/mol. The molecule has 2 aromatic rings. The number of amides is 2. The first kappa shape index (κ1) is 33.7. The summed E-state index contributed by atoms with van der Waals surface area (Å²) < 4.78 is 13.0. The number of likely N-dealkylation sites (tertiary alicyclic amines) is 2. The fraction of sp³-hybridized carbons (Fsp3) is 0.650. The van der Waals surface area contributed by atoms with Crippen LogP contribution < -0.4 is 0 Å². The Morgan fingerprint density at radius 3 is 1.29 bits per heavy atom. The molecule has 4 spiro atoms. The number of carbonyl (C=O) groups excluding carboxylic acids is 2. The molecule has 6 fully saturated rings. The Bertz CT molecular complexity index is 1310. The van der Waals surface area contributed by atoms with E-state index in [1.54, 1.807) is 0 Å². The smallest absolute Gasteiger partial charge is 0.254 e. The van der Waals surface area contributed by atoms with Gasteiger partial charge in [0.25, 0.3) is 11.8 Å². The van der Waals surface area contributed by atoms with E-state index >= 15 is 0 Å². The molecule has 2 aromatic carbocycles. The van der Waals surface area contributed by atoms with Crippen molar-refractivity contribution in [1.82, 2.24) is 19.6 Å². The van der Waals surface area contributed by atoms with Gasteiger partial charge in [0.05, 0.1) is 11.2 Å². The standard InChI is InChI=1S/2C20H28N2O2/c2*1-2-22-16-19(24-20(10-11-20)18(22)23)9-6-13-21(14-12-19)15-17-7-4-3-5-8-17/h2*3-5,7-8H,2,6,9-16H2,1H3/t2*19-/m10/s1. The Kier molecular flexibility index (Phi) is 9.73. The summed E-state index contributed by atoms with van der Waals surface area (Å²) in [7, 11) is 0. The number of carbonyl (C=O) groups is 2. The maximum atomic E-state index is 12.5. The van der Waals surface area contributed by atoms with Gasteiger partial charge >= 0.3 is 0 Å². The summed E-state index contributed by atoms with van der Waals surface area (Å²) in [6, 6.07) is 21.4. The lowest BCUT2D eigenvalue weighted by atomic mass is 9.91. The highest BCUT2D eigenvalue weighted by Crippen LogP contribution is 2.51. The molecule has 8 heteroatoms. The number of benzene rings is 2. The van der Waals surface area contributed by atoms with Crippen molar-refractivity contribution in [3.63, 3.8) is 0 Å². The summed E-state index contributed by atoms with van der Waals surface area (Å²) in [5, 5.41) is 0. The molecule has 8 nitrogen and oxygen atoms in total. The second-order valence-corrected chi connectivity index (χ2v) is 15.4. The van der Waals surface area contributed by atoms with Gasteiger partial charge in [-0.2, -0.15) is 0 Å². The van der Waals surface area contributed by atoms with Crippen LogP contribution in [0.5, 0.6) is 0 Å². The topological polar surface area (TPSA) is 65.6 Å². The Labute approximate surface area is 287 Å². The first-order chi connectivity index (χ1) is 23.3. The minimum atomic E-state index is -0.455. The van der Waals surface area contributed by atoms with Gasteiger partial charge in [0.2, 0.25) is 0 Å². The number of rotatable bonds is 6. The van der Waals surface area contributed by atoms with Crippen molar-refractivity contribution >= 4 is 11.8 Å². The molecule has 4 saturated heterocycles. The molecule has 0 bridgehead atoms. The Morgan fingerprint density at radius 1 is 0.542 bits per heavy atom. The molecular weight excluding hydrogens is 600 g/mol. The van der Waals surface area contributed by atoms with E-state index in [1.807, 2.05) is 9.80 Å². The van der Waals surface area contributed by atoms with E-state index in [0.717, 1.165) is 130 Å². The van der Waals surface area contributed by atoms with E-state index in [9.17, 15) is 9.59 Å². The van der Waals surface area contributed by atoms with Gasteiger partial charge in [0, 0.05) is 52.4 Å². The Morgan fingerprint density at radius 2 is 0.938 bits per heavy atom. The quantitative estimate of drug-likeness (QED) is 0.401. The predicted octanol–water partition coefficient (Wildman–Crippen LogP) is 5.65. The van der Waals surface area contributed by atoms with Gasteiger partial charge in [0.1, 0.15) is 11.2 Å². The lowest BCUT2D eigenvalue weighted by Crippen LogP contribution is -2.60. The van der Waals surface area contributed by atoms with Crippen LogP contribution in [-0.4, -0.2) is 106 Å². The zero-order valence-corrected chi connectivity index (χ0v) is 29.3. The summed E-state index contributed by atoms with van der Waals surface area (Å²) in [5.41, 5.74) is 1.60. The van der Waals surface area contributed by atoms with Crippen molar-refractivity contribution in [3.8, 4) is 0 Å². The minimum Gasteiger partial charge on any atom is -0.357 e. The zero-order valence-electron chi connectivity index (χ0n) is 29.3. The van der Waals surface area contributed by atoms with Crippen LogP contribution >= 0.6 is 0 Å². The van der Waals surface area contributed by atoms with Crippen molar-refractivity contribution in [1.29, 1.82) is 0 Å². The van der Waals surface area contributed by atoms with Crippen LogP contribution in [0.3, 0.4) is 0 Å². The molecule has 4 aliphatic heterocycles. The SMILES string of the molecule is CCN1C[C@@]2(CCCN(Cc3ccccc3)CC2)OC2(CC2)C1=O.CCN1C[C@]2(CCCN(Cc3ccccc3)CC2)OC2(CC2)C1=O. The van der Waals surface area contributed by atoms with E-state index in [4.69, 9.17) is 9.47 Å². The molecular formula is C40H56N4O4. The molecule has 2 atom stereocenters. The summed E-state index contributed by atoms with van der Waals surface area (Å²) in [6.45, 7) is 13.7. The molecule has 0 aromatic heterocycles. The highest BCUT2D eigenvalue weighted by Gasteiger charge is 2.62. The van der Waals surface area contributed by atoms with Crippen LogP contribution in [0.1, 0.15) is 89.2 Å². The first-order valence-corrected chi connectivity index (χ1v) is 18.8. The summed E-state index contributed by atoms with van der Waals surface area (Å²) in [6.07, 6.45) is 10.2. The molecule has 8 rings (SSSR count). The molecule has 0 radical (unpaired) electrons. The molecule has 2 amide bonds. The number of ether oxygens (including phenoxy) is 2. The minimum absolute atomic E-state index is 0.119. The normalized spacial score (nSPS) is 29.9. The predicted molar refractivity (Wildman–Crippen MR) is 187 cm³/mol. The van der Waals surface area contributed by atoms with Gasteiger partial charge in [-0.25, -0.2) is 0 Å². The van der Waals surface area contributed by atoms with Gasteiger partial charge in [-0.05, 0) is 102 Å². The highest BCUT2D eigenvalue weighted by atomic mass is 16.5. The molecule has 6 aliphatic rings. The van der Waals surface area contributed by atoms with Gasteiger partial charge in [0.15, 0.2) is 0 Å². The molecule has 260 valence electrons. The number of hydrogen-bond acceptors (Lipinski definition) is 6. The van der Waals surface area contributed by atoms with E-state index in [-0.39, 0.29) is 23.0 Å². The summed E-state index contributed by atoms with van der Waals surface area (Å²) >= 11 is 0. The first-order valence-electron chi connectivity index (χ1n) is 18.8. The molecule has 2 saturated carbocycles. The van der Waals surface area contributed by atoms with Crippen molar-refractivity contribution in [3.05, 3.63) is 71.8 Å². The van der Waals surface area contributed by atoms with Gasteiger partial charge in [-0.15, -0.1) is 0 Å². The highest BCUT2D eigenvalue weighted by molar-refractivity contribution is 5.89. The lowest BCUT2D eigenvalue weighted by Gasteiger charge is -2.46. The van der Waals surface area contributed by atoms with E-state index in [1.165, 1.54) is 11.1 Å². The van der Waals surface area contributed by atoms with Crippen LogP contribution in [0.25, 0.3) is 0 Å². The van der Waals surface area contributed by atoms with Crippen molar-refractivity contribution in [2.75, 3.05) is 52.4 Å². The third-order valence-corrected chi connectivity index (χ3v) is 11.8. The maximum absolute atomic E-state index is 12.5. The van der Waals surface area contributed by atoms with Crippen LogP contribution in [-0.2, 0) is 32.2 Å². The molecule has 0 N–H and O–H groups in total. The van der Waals surface area contributed by atoms with Gasteiger partial charge < -0.3 is 19.3 Å². The molecule has 2 aliphatic carbocycles. The average Bonchev–Trinajstić information content (AvgIpc) is 4.04. The third-order valence-electron chi connectivity index (χ3n) is 11.8. The van der Waals surface area contributed by atoms with Crippen LogP contribution in [0.2, 0.25) is 0 Å². The average molecular weight is 657 g/mol. The number of morpholine rings is 2. The summed E-state index contributed by atoms with van der Waals surface area (Å²) in [4.78, 5) is 34.3. The third kappa shape index (κ3) is 7.23. The van der Waals surface area contributed by atoms with E-state index in [0.29, 0.717) is 0 Å². The van der Waals surface area contributed by atoms with Crippen LogP contribution in [0.4, 0.5) is 0 Å². The maximum Gasteiger partial charge on any atom is 0.254 e. The number of hydrogen-bond donors (Lipinski definition) is 0. The summed E-state index contributed by atoms with van der Waals surface area (Å²) in [5.74, 6) is 0.474. The zero-order chi connectivity index (χ0) is 33.2. The van der Waals surface area contributed by atoms with Gasteiger partial charge in [-0.1, -0.05) is 60.7 Å². The molecule has 0 unspecified atom stereocenters. The fourth-order valence-corrected chi connectivity index (χ4v) is 8.73. The lowest BCUT2D eigenvalue weighted by molar-refractivity contribution is -0.193. The van der Waals surface area contributed by atoms with Crippen molar-refractivity contribution in [2.45, 2.75) is 114 Å². The van der Waals surface area contributed by atoms with E-state index < -0.39 is 11.2 Å². The van der Waals surface area contributed by atoms with E-state index in [2.05, 4.69) is 84.3 Å². The van der Waals surface area contributed by atoms with Crippen molar-refractivity contribution < 1.29 is 19.1 Å². The van der Waals surface area contributed by atoms with Crippen LogP contribution in [0.15, 0.2) is 60.7 Å². The molecule has 4 heterocycles. The second kappa shape index (κ2) is 13.9. The molecule has 48 heavy (non-hydrogen) atoms. The van der Waals surface area contributed by atoms with Gasteiger partial charge in [-0.3, -0.25) is 19.4 Å². The number of likely N-dealkylation sites (N-methyl/N-ethyl adjacent to an activating group) is 2. The Hall–Kier alpha value is -2.78. The largest absolute Gasteiger partial charge is 0.357 e. The number of nitrogens with zero attached hydrogens (tertiary/aromatic N) is 4. The van der Waals surface area contributed by atoms with Crippen LogP contribution in [0, 0.1) is 0 Å². The Balaban J connectivity index is 0.000000152. The van der Waals surface area contributed by atoms with Crippen molar-refractivity contribution in [2.24, 2.45) is 0 Å².